The van der Waals surface area contributed by atoms with Crippen molar-refractivity contribution in [2.75, 3.05) is 19.6 Å². The average molecular weight is 419 g/mol. The van der Waals surface area contributed by atoms with Crippen LogP contribution < -0.4 is 0 Å². The molecule has 0 unspecified atom stereocenters. The number of benzene rings is 2. The lowest BCUT2D eigenvalue weighted by Gasteiger charge is -2.29. The Morgan fingerprint density at radius 2 is 1.93 bits per heavy atom. The summed E-state index contributed by atoms with van der Waals surface area (Å²) in [5.74, 6) is 1.21. The molecule has 5 rings (SSSR count). The monoisotopic (exact) mass is 418 g/mol. The summed E-state index contributed by atoms with van der Waals surface area (Å²) < 4.78 is 1.21. The van der Waals surface area contributed by atoms with Crippen LogP contribution in [0, 0.1) is 6.92 Å². The molecule has 2 aromatic carbocycles. The van der Waals surface area contributed by atoms with E-state index in [9.17, 15) is 4.79 Å². The molecule has 0 spiro atoms. The van der Waals surface area contributed by atoms with Crippen LogP contribution >= 0.6 is 11.3 Å². The summed E-state index contributed by atoms with van der Waals surface area (Å²) in [5, 5.41) is 1.26. The van der Waals surface area contributed by atoms with Crippen LogP contribution in [0.3, 0.4) is 0 Å². The smallest absolute Gasteiger partial charge is 0.163 e. The number of piperidine rings is 1. The topological polar surface area (TPSA) is 33.2 Å². The molecule has 0 saturated carbocycles. The second-order valence-electron chi connectivity index (χ2n) is 8.91. The van der Waals surface area contributed by atoms with Gasteiger partial charge in [0.25, 0.3) is 0 Å². The van der Waals surface area contributed by atoms with Crippen LogP contribution in [0.5, 0.6) is 0 Å². The van der Waals surface area contributed by atoms with Crippen LogP contribution in [0.2, 0.25) is 0 Å². The molecule has 0 bridgehead atoms. The van der Waals surface area contributed by atoms with Crippen molar-refractivity contribution in [1.29, 1.82) is 0 Å². The van der Waals surface area contributed by atoms with Gasteiger partial charge in [-0.25, -0.2) is 4.98 Å². The molecule has 3 aromatic rings. The summed E-state index contributed by atoms with van der Waals surface area (Å²) in [6.45, 7) is 7.83. The number of aromatic nitrogens is 1. The van der Waals surface area contributed by atoms with E-state index in [-0.39, 0.29) is 5.78 Å². The molecular formula is C26H30N2OS. The van der Waals surface area contributed by atoms with Crippen molar-refractivity contribution in [2.45, 2.75) is 57.8 Å². The third kappa shape index (κ3) is 3.61. The zero-order chi connectivity index (χ0) is 20.7. The molecule has 0 amide bonds. The summed E-state index contributed by atoms with van der Waals surface area (Å²) in [6.07, 6.45) is 5.19. The van der Waals surface area contributed by atoms with E-state index in [0.29, 0.717) is 18.3 Å². The molecule has 4 heteroatoms. The van der Waals surface area contributed by atoms with Gasteiger partial charge in [0.1, 0.15) is 0 Å². The molecule has 2 aliphatic rings. The number of ketones is 1. The Bertz CT molecular complexity index is 1080. The molecule has 1 fully saturated rings. The molecule has 30 heavy (non-hydrogen) atoms. The highest BCUT2D eigenvalue weighted by atomic mass is 32.1. The highest BCUT2D eigenvalue weighted by Gasteiger charge is 2.27. The van der Waals surface area contributed by atoms with Crippen molar-refractivity contribution < 1.29 is 4.79 Å². The highest BCUT2D eigenvalue weighted by Crippen LogP contribution is 2.38. The number of likely N-dealkylation sites (tertiary alicyclic amines) is 1. The Morgan fingerprint density at radius 1 is 1.13 bits per heavy atom. The first-order valence-electron chi connectivity index (χ1n) is 11.4. The second-order valence-corrected chi connectivity index (χ2v) is 9.94. The van der Waals surface area contributed by atoms with Gasteiger partial charge < -0.3 is 4.90 Å². The third-order valence-corrected chi connectivity index (χ3v) is 8.55. The predicted octanol–water partition coefficient (Wildman–Crippen LogP) is 6.11. The van der Waals surface area contributed by atoms with Gasteiger partial charge in [-0.05, 0) is 87.0 Å². The van der Waals surface area contributed by atoms with E-state index in [1.807, 2.05) is 17.4 Å². The molecule has 3 nitrogen and oxygen atoms in total. The number of Topliss-reactive ketones (excluding diaryl/α,β-unsaturated/α-hetero) is 1. The van der Waals surface area contributed by atoms with E-state index in [0.717, 1.165) is 36.0 Å². The van der Waals surface area contributed by atoms with E-state index >= 15 is 0 Å². The number of fused-ring (bicyclic) bond motifs is 2. The Kier molecular flexibility index (Phi) is 5.46. The predicted molar refractivity (Wildman–Crippen MR) is 125 cm³/mol. The zero-order valence-corrected chi connectivity index (χ0v) is 18.8. The second kappa shape index (κ2) is 8.24. The Morgan fingerprint density at radius 3 is 2.73 bits per heavy atom. The maximum Gasteiger partial charge on any atom is 0.163 e. The van der Waals surface area contributed by atoms with Crippen molar-refractivity contribution >= 4 is 27.3 Å². The van der Waals surface area contributed by atoms with E-state index in [2.05, 4.69) is 49.1 Å². The summed E-state index contributed by atoms with van der Waals surface area (Å²) in [5.41, 5.74) is 5.88. The molecule has 156 valence electrons. The van der Waals surface area contributed by atoms with E-state index in [1.165, 1.54) is 46.8 Å². The highest BCUT2D eigenvalue weighted by molar-refractivity contribution is 7.18. The molecule has 1 saturated heterocycles. The number of thiazole rings is 1. The number of rotatable bonds is 5. The molecular weight excluding hydrogens is 388 g/mol. The number of nitrogens with zero attached hydrogens (tertiary/aromatic N) is 2. The van der Waals surface area contributed by atoms with Crippen molar-refractivity contribution in [1.82, 2.24) is 9.88 Å². The van der Waals surface area contributed by atoms with Crippen molar-refractivity contribution in [3.8, 4) is 0 Å². The summed E-state index contributed by atoms with van der Waals surface area (Å²) >= 11 is 1.82. The first-order valence-corrected chi connectivity index (χ1v) is 12.2. The summed E-state index contributed by atoms with van der Waals surface area (Å²) in [4.78, 5) is 20.7. The Labute approximate surface area is 183 Å². The van der Waals surface area contributed by atoms with Crippen LogP contribution in [0.1, 0.15) is 76.5 Å². The van der Waals surface area contributed by atoms with Gasteiger partial charge in [0.2, 0.25) is 0 Å². The number of aryl methyl sites for hydroxylation is 2. The van der Waals surface area contributed by atoms with Gasteiger partial charge in [-0.2, -0.15) is 0 Å². The van der Waals surface area contributed by atoms with Gasteiger partial charge >= 0.3 is 0 Å². The fourth-order valence-corrected chi connectivity index (χ4v) is 6.54. The largest absolute Gasteiger partial charge is 0.304 e. The zero-order valence-electron chi connectivity index (χ0n) is 18.0. The van der Waals surface area contributed by atoms with Gasteiger partial charge in [0.05, 0.1) is 15.2 Å². The summed E-state index contributed by atoms with van der Waals surface area (Å²) in [6, 6.07) is 12.7. The van der Waals surface area contributed by atoms with Gasteiger partial charge in [-0.3, -0.25) is 4.79 Å². The third-order valence-electron chi connectivity index (χ3n) is 7.20. The van der Waals surface area contributed by atoms with Gasteiger partial charge in [0, 0.05) is 17.9 Å². The minimum Gasteiger partial charge on any atom is -0.304 e. The van der Waals surface area contributed by atoms with Crippen molar-refractivity contribution in [3.63, 3.8) is 0 Å². The van der Waals surface area contributed by atoms with E-state index < -0.39 is 0 Å². The normalized spacial score (nSPS) is 20.0. The van der Waals surface area contributed by atoms with E-state index in [4.69, 9.17) is 4.98 Å². The van der Waals surface area contributed by atoms with Crippen molar-refractivity contribution in [2.24, 2.45) is 0 Å². The molecule has 1 atom stereocenters. The van der Waals surface area contributed by atoms with E-state index in [1.54, 1.807) is 0 Å². The van der Waals surface area contributed by atoms with Crippen LogP contribution in [0.15, 0.2) is 36.4 Å². The quantitative estimate of drug-likeness (QED) is 0.469. The maximum absolute atomic E-state index is 13.2. The van der Waals surface area contributed by atoms with Crippen molar-refractivity contribution in [3.05, 3.63) is 63.7 Å². The lowest BCUT2D eigenvalue weighted by Crippen LogP contribution is -2.32. The first-order chi connectivity index (χ1) is 14.6. The number of hydrogen-bond acceptors (Lipinski definition) is 4. The van der Waals surface area contributed by atoms with Crippen LogP contribution in [0.25, 0.3) is 10.2 Å². The average Bonchev–Trinajstić information content (AvgIpc) is 3.39. The molecule has 0 radical (unpaired) electrons. The fraction of sp³-hybridized carbons (Fsp3) is 0.462. The molecule has 1 aromatic heterocycles. The molecule has 0 N–H and O–H groups in total. The minimum atomic E-state index is 0.280. The van der Waals surface area contributed by atoms with Crippen LogP contribution in [-0.2, 0) is 6.42 Å². The Hall–Kier alpha value is -2.04. The number of carbonyl (C=O) groups excluding carboxylic acids is 1. The fourth-order valence-electron chi connectivity index (χ4n) is 5.30. The molecule has 1 aliphatic heterocycles. The van der Waals surface area contributed by atoms with Gasteiger partial charge in [-0.1, -0.05) is 31.2 Å². The Balaban J connectivity index is 1.37. The lowest BCUT2D eigenvalue weighted by atomic mass is 9.91. The molecule has 1 aliphatic carbocycles. The van der Waals surface area contributed by atoms with Crippen LogP contribution in [0.4, 0.5) is 0 Å². The SMILES string of the molecule is CCN1CCC(c2nc3ccc(C(=O)C[C@H]4CCc5ccccc54)c(C)c3s2)CC1. The van der Waals surface area contributed by atoms with Crippen LogP contribution in [-0.4, -0.2) is 35.3 Å². The first kappa shape index (κ1) is 19.9. The molecule has 2 heterocycles. The van der Waals surface area contributed by atoms with Gasteiger partial charge in [0.15, 0.2) is 5.78 Å². The standard InChI is InChI=1S/C26H30N2OS/c1-3-28-14-12-19(13-15-28)26-27-23-11-10-21(17(2)25(23)30-26)24(29)16-20-9-8-18-6-4-5-7-22(18)20/h4-7,10-11,19-20H,3,8-9,12-16H2,1-2H3/t20-/m1/s1. The lowest BCUT2D eigenvalue weighted by molar-refractivity contribution is 0.0973. The summed E-state index contributed by atoms with van der Waals surface area (Å²) in [7, 11) is 0. The minimum absolute atomic E-state index is 0.280. The van der Waals surface area contributed by atoms with Gasteiger partial charge in [-0.15, -0.1) is 11.3 Å². The maximum atomic E-state index is 13.2. The number of carbonyl (C=O) groups is 1. The number of hydrogen-bond donors (Lipinski definition) is 0.